The molecule has 0 bridgehead atoms. The Morgan fingerprint density at radius 3 is 2.45 bits per heavy atom. The second-order valence-corrected chi connectivity index (χ2v) is 5.68. The summed E-state index contributed by atoms with van der Waals surface area (Å²) in [5, 5.41) is 19.8. The van der Waals surface area contributed by atoms with Crippen molar-refractivity contribution in [2.75, 3.05) is 13.1 Å². The number of carboxylic acids is 1. The highest BCUT2D eigenvalue weighted by Gasteiger charge is 2.41. The minimum absolute atomic E-state index is 0.0212. The van der Waals surface area contributed by atoms with Crippen molar-refractivity contribution < 1.29 is 24.2 Å². The lowest BCUT2D eigenvalue weighted by Crippen LogP contribution is -2.50. The minimum atomic E-state index is -1.74. The van der Waals surface area contributed by atoms with E-state index in [9.17, 15) is 14.7 Å². The molecular formula is C16H17NO5. The Morgan fingerprint density at radius 1 is 1.23 bits per heavy atom. The molecule has 1 aliphatic rings. The van der Waals surface area contributed by atoms with Crippen molar-refractivity contribution in [2.45, 2.75) is 25.4 Å². The normalized spacial score (nSPS) is 17.6. The van der Waals surface area contributed by atoms with Crippen LogP contribution in [0.25, 0.3) is 11.0 Å². The summed E-state index contributed by atoms with van der Waals surface area (Å²) in [6.45, 7) is 2.22. The Balaban J connectivity index is 1.83. The zero-order valence-corrected chi connectivity index (χ0v) is 12.2. The van der Waals surface area contributed by atoms with Gasteiger partial charge in [0, 0.05) is 36.9 Å². The van der Waals surface area contributed by atoms with Gasteiger partial charge in [-0.2, -0.15) is 0 Å². The lowest BCUT2D eigenvalue weighted by Gasteiger charge is -2.34. The van der Waals surface area contributed by atoms with E-state index in [1.165, 1.54) is 4.90 Å². The fourth-order valence-corrected chi connectivity index (χ4v) is 2.82. The predicted molar refractivity (Wildman–Crippen MR) is 78.7 cm³/mol. The summed E-state index contributed by atoms with van der Waals surface area (Å²) >= 11 is 0. The van der Waals surface area contributed by atoms with Crippen molar-refractivity contribution in [3.63, 3.8) is 0 Å². The molecule has 2 heterocycles. The zero-order chi connectivity index (χ0) is 15.9. The Hall–Kier alpha value is -2.34. The Morgan fingerprint density at radius 2 is 1.86 bits per heavy atom. The number of likely N-dealkylation sites (tertiary alicyclic amines) is 1. The van der Waals surface area contributed by atoms with Crippen molar-refractivity contribution in [1.82, 2.24) is 4.90 Å². The van der Waals surface area contributed by atoms with Crippen molar-refractivity contribution in [3.8, 4) is 0 Å². The molecule has 2 N–H and O–H groups in total. The molecule has 1 aromatic carbocycles. The summed E-state index contributed by atoms with van der Waals surface area (Å²) in [6, 6.07) is 7.42. The molecular weight excluding hydrogens is 286 g/mol. The van der Waals surface area contributed by atoms with Crippen LogP contribution in [0.3, 0.4) is 0 Å². The summed E-state index contributed by atoms with van der Waals surface area (Å²) < 4.78 is 5.64. The number of aliphatic carboxylic acids is 1. The van der Waals surface area contributed by atoms with Crippen LogP contribution in [0.2, 0.25) is 0 Å². The second-order valence-electron chi connectivity index (χ2n) is 5.68. The predicted octanol–water partition coefficient (Wildman–Crippen LogP) is 1.79. The molecule has 2 aromatic rings. The maximum absolute atomic E-state index is 12.6. The molecule has 0 saturated carbocycles. The number of carbonyl (C=O) groups excluding carboxylic acids is 1. The average Bonchev–Trinajstić information content (AvgIpc) is 2.85. The maximum atomic E-state index is 12.6. The molecule has 0 unspecified atom stereocenters. The Labute approximate surface area is 126 Å². The molecule has 0 radical (unpaired) electrons. The summed E-state index contributed by atoms with van der Waals surface area (Å²) in [7, 11) is 0. The number of aryl methyl sites for hydroxylation is 1. The SMILES string of the molecule is Cc1c(C(=O)N2CCC(O)(C(=O)O)CC2)oc2ccccc12. The van der Waals surface area contributed by atoms with Crippen LogP contribution in [0.4, 0.5) is 0 Å². The van der Waals surface area contributed by atoms with E-state index >= 15 is 0 Å². The maximum Gasteiger partial charge on any atom is 0.335 e. The highest BCUT2D eigenvalue weighted by atomic mass is 16.4. The number of hydrogen-bond donors (Lipinski definition) is 2. The fraction of sp³-hybridized carbons (Fsp3) is 0.375. The fourth-order valence-electron chi connectivity index (χ4n) is 2.82. The van der Waals surface area contributed by atoms with Crippen LogP contribution < -0.4 is 0 Å². The van der Waals surface area contributed by atoms with E-state index in [-0.39, 0.29) is 37.6 Å². The Bertz CT molecular complexity index is 740. The number of furan rings is 1. The van der Waals surface area contributed by atoms with Gasteiger partial charge < -0.3 is 19.5 Å². The van der Waals surface area contributed by atoms with Crippen molar-refractivity contribution in [2.24, 2.45) is 0 Å². The standard InChI is InChI=1S/C16H17NO5/c1-10-11-4-2-3-5-12(11)22-13(10)14(18)17-8-6-16(21,7-9-17)15(19)20/h2-5,21H,6-9H2,1H3,(H,19,20). The van der Waals surface area contributed by atoms with Crippen LogP contribution in [-0.4, -0.2) is 45.7 Å². The number of amides is 1. The van der Waals surface area contributed by atoms with E-state index in [0.717, 1.165) is 10.9 Å². The van der Waals surface area contributed by atoms with Gasteiger partial charge in [0.05, 0.1) is 0 Å². The van der Waals surface area contributed by atoms with Gasteiger partial charge in [-0.15, -0.1) is 0 Å². The summed E-state index contributed by atoms with van der Waals surface area (Å²) in [5.41, 5.74) is -0.304. The van der Waals surface area contributed by atoms with Crippen molar-refractivity contribution in [1.29, 1.82) is 0 Å². The highest BCUT2D eigenvalue weighted by molar-refractivity contribution is 5.99. The molecule has 3 rings (SSSR count). The van der Waals surface area contributed by atoms with Gasteiger partial charge in [0.2, 0.25) is 0 Å². The third-order valence-electron chi connectivity index (χ3n) is 4.31. The van der Waals surface area contributed by atoms with Gasteiger partial charge in [-0.05, 0) is 13.0 Å². The first-order valence-electron chi connectivity index (χ1n) is 7.15. The lowest BCUT2D eigenvalue weighted by atomic mass is 9.91. The van der Waals surface area contributed by atoms with Crippen molar-refractivity contribution in [3.05, 3.63) is 35.6 Å². The monoisotopic (exact) mass is 303 g/mol. The van der Waals surface area contributed by atoms with E-state index in [0.29, 0.717) is 5.58 Å². The number of piperidine rings is 1. The second kappa shape index (κ2) is 5.14. The number of carboxylic acid groups (broad SMARTS) is 1. The van der Waals surface area contributed by atoms with Crippen molar-refractivity contribution >= 4 is 22.8 Å². The molecule has 6 heteroatoms. The third kappa shape index (κ3) is 2.25. The highest BCUT2D eigenvalue weighted by Crippen LogP contribution is 2.28. The van der Waals surface area contributed by atoms with Crippen LogP contribution in [0.1, 0.15) is 29.0 Å². The number of rotatable bonds is 2. The van der Waals surface area contributed by atoms with Gasteiger partial charge in [-0.3, -0.25) is 4.79 Å². The molecule has 0 aliphatic carbocycles. The van der Waals surface area contributed by atoms with Crippen LogP contribution in [-0.2, 0) is 4.79 Å². The number of fused-ring (bicyclic) bond motifs is 1. The summed E-state index contributed by atoms with van der Waals surface area (Å²) in [4.78, 5) is 25.1. The topological polar surface area (TPSA) is 91.0 Å². The average molecular weight is 303 g/mol. The molecule has 0 spiro atoms. The third-order valence-corrected chi connectivity index (χ3v) is 4.31. The summed E-state index contributed by atoms with van der Waals surface area (Å²) in [5.74, 6) is -1.22. The largest absolute Gasteiger partial charge is 0.479 e. The molecule has 22 heavy (non-hydrogen) atoms. The van der Waals surface area contributed by atoms with E-state index < -0.39 is 11.6 Å². The molecule has 0 atom stereocenters. The molecule has 1 aromatic heterocycles. The van der Waals surface area contributed by atoms with Gasteiger partial charge in [0.25, 0.3) is 5.91 Å². The molecule has 1 amide bonds. The number of aliphatic hydroxyl groups is 1. The van der Waals surface area contributed by atoms with Gasteiger partial charge >= 0.3 is 5.97 Å². The molecule has 1 saturated heterocycles. The quantitative estimate of drug-likeness (QED) is 0.882. The number of benzene rings is 1. The molecule has 1 aliphatic heterocycles. The van der Waals surface area contributed by atoms with Gasteiger partial charge in [-0.1, -0.05) is 18.2 Å². The molecule has 6 nitrogen and oxygen atoms in total. The first-order valence-corrected chi connectivity index (χ1v) is 7.15. The van der Waals surface area contributed by atoms with Gasteiger partial charge in [-0.25, -0.2) is 4.79 Å². The lowest BCUT2D eigenvalue weighted by molar-refractivity contribution is -0.162. The van der Waals surface area contributed by atoms with E-state index in [1.807, 2.05) is 25.1 Å². The minimum Gasteiger partial charge on any atom is -0.479 e. The number of para-hydroxylation sites is 1. The van der Waals surface area contributed by atoms with Crippen LogP contribution >= 0.6 is 0 Å². The Kier molecular flexibility index (Phi) is 3.41. The van der Waals surface area contributed by atoms with Gasteiger partial charge in [0.15, 0.2) is 11.4 Å². The number of nitrogens with zero attached hydrogens (tertiary/aromatic N) is 1. The van der Waals surface area contributed by atoms with Crippen LogP contribution in [0.15, 0.2) is 28.7 Å². The molecule has 116 valence electrons. The first kappa shape index (κ1) is 14.6. The molecule has 1 fully saturated rings. The number of hydrogen-bond acceptors (Lipinski definition) is 4. The van der Waals surface area contributed by atoms with Crippen LogP contribution in [0.5, 0.6) is 0 Å². The van der Waals surface area contributed by atoms with Crippen LogP contribution in [0, 0.1) is 6.92 Å². The van der Waals surface area contributed by atoms with E-state index in [4.69, 9.17) is 9.52 Å². The van der Waals surface area contributed by atoms with E-state index in [1.54, 1.807) is 6.07 Å². The van der Waals surface area contributed by atoms with E-state index in [2.05, 4.69) is 0 Å². The first-order chi connectivity index (χ1) is 10.4. The summed E-state index contributed by atoms with van der Waals surface area (Å²) in [6.07, 6.45) is 0.0424. The van der Waals surface area contributed by atoms with Gasteiger partial charge in [0.1, 0.15) is 5.58 Å². The smallest absolute Gasteiger partial charge is 0.335 e. The zero-order valence-electron chi connectivity index (χ0n) is 12.2. The number of carbonyl (C=O) groups is 2.